The third-order valence-electron chi connectivity index (χ3n) is 2.18. The average molecular weight is 257 g/mol. The van der Waals surface area contributed by atoms with Crippen LogP contribution < -0.4 is 0 Å². The van der Waals surface area contributed by atoms with Crippen molar-refractivity contribution in [1.29, 1.82) is 0 Å². The highest BCUT2D eigenvalue weighted by molar-refractivity contribution is 7.99. The third-order valence-corrected chi connectivity index (χ3v) is 3.38. The molecule has 0 aromatic heterocycles. The summed E-state index contributed by atoms with van der Waals surface area (Å²) in [7, 11) is 1.65. The molecule has 0 amide bonds. The van der Waals surface area contributed by atoms with Gasteiger partial charge in [0.25, 0.3) is 5.69 Å². The number of benzene rings is 1. The quantitative estimate of drug-likeness (QED) is 0.351. The molecule has 0 fully saturated rings. The van der Waals surface area contributed by atoms with Gasteiger partial charge in [0.05, 0.1) is 11.5 Å². The van der Waals surface area contributed by atoms with Crippen molar-refractivity contribution in [2.45, 2.75) is 17.9 Å². The van der Waals surface area contributed by atoms with E-state index < -0.39 is 4.92 Å². The molecule has 94 valence electrons. The van der Waals surface area contributed by atoms with Crippen LogP contribution in [0.5, 0.6) is 0 Å². The maximum Gasteiger partial charge on any atom is 0.269 e. The largest absolute Gasteiger partial charge is 0.392 e. The lowest BCUT2D eigenvalue weighted by atomic mass is 10.2. The molecule has 0 unspecified atom stereocenters. The second-order valence-corrected chi connectivity index (χ2v) is 4.54. The number of hydrogen-bond acceptors (Lipinski definition) is 5. The Balaban J connectivity index is 2.68. The molecule has 0 atom stereocenters. The molecule has 1 N–H and O–H groups in total. The molecule has 5 nitrogen and oxygen atoms in total. The molecule has 0 heterocycles. The number of rotatable bonds is 7. The zero-order valence-electron chi connectivity index (χ0n) is 9.59. The van der Waals surface area contributed by atoms with Gasteiger partial charge in [-0.3, -0.25) is 10.1 Å². The van der Waals surface area contributed by atoms with Crippen LogP contribution in [0, 0.1) is 10.1 Å². The highest BCUT2D eigenvalue weighted by Gasteiger charge is 2.10. The van der Waals surface area contributed by atoms with Crippen LogP contribution in [0.3, 0.4) is 0 Å². The van der Waals surface area contributed by atoms with Gasteiger partial charge in [-0.2, -0.15) is 0 Å². The van der Waals surface area contributed by atoms with Gasteiger partial charge in [0.2, 0.25) is 0 Å². The number of non-ortho nitro benzene ring substituents is 1. The molecular weight excluding hydrogens is 242 g/mol. The Hall–Kier alpha value is -1.11. The van der Waals surface area contributed by atoms with Crippen molar-refractivity contribution in [3.63, 3.8) is 0 Å². The van der Waals surface area contributed by atoms with E-state index in [1.54, 1.807) is 24.9 Å². The first-order valence-electron chi connectivity index (χ1n) is 5.19. The van der Waals surface area contributed by atoms with Crippen molar-refractivity contribution in [2.24, 2.45) is 0 Å². The lowest BCUT2D eigenvalue weighted by Gasteiger charge is -2.06. The molecule has 17 heavy (non-hydrogen) atoms. The van der Waals surface area contributed by atoms with Gasteiger partial charge in [0, 0.05) is 36.5 Å². The van der Waals surface area contributed by atoms with E-state index in [1.807, 2.05) is 0 Å². The smallest absolute Gasteiger partial charge is 0.269 e. The van der Waals surface area contributed by atoms with Gasteiger partial charge < -0.3 is 9.84 Å². The monoisotopic (exact) mass is 257 g/mol. The number of thioether (sulfide) groups is 1. The summed E-state index contributed by atoms with van der Waals surface area (Å²) in [4.78, 5) is 11.0. The molecule has 0 aliphatic heterocycles. The molecule has 1 aromatic carbocycles. The zero-order valence-corrected chi connectivity index (χ0v) is 10.4. The van der Waals surface area contributed by atoms with Gasteiger partial charge in [0.15, 0.2) is 0 Å². The van der Waals surface area contributed by atoms with Crippen molar-refractivity contribution in [1.82, 2.24) is 0 Å². The lowest BCUT2D eigenvalue weighted by Crippen LogP contribution is -1.95. The first kappa shape index (κ1) is 14.0. The van der Waals surface area contributed by atoms with Crippen molar-refractivity contribution in [2.75, 3.05) is 19.5 Å². The summed E-state index contributed by atoms with van der Waals surface area (Å²) in [6, 6.07) is 4.55. The molecule has 0 radical (unpaired) electrons. The van der Waals surface area contributed by atoms with E-state index in [4.69, 9.17) is 9.84 Å². The standard InChI is InChI=1S/C11H15NO4S/c1-16-5-2-6-17-11-4-3-10(12(14)15)7-9(11)8-13/h3-4,7,13H,2,5-6,8H2,1H3. The maximum atomic E-state index is 10.6. The summed E-state index contributed by atoms with van der Waals surface area (Å²) in [5.74, 6) is 0.860. The number of nitro groups is 1. The molecule has 0 aliphatic carbocycles. The van der Waals surface area contributed by atoms with E-state index in [0.29, 0.717) is 12.2 Å². The fourth-order valence-electron chi connectivity index (χ4n) is 1.33. The van der Waals surface area contributed by atoms with Crippen LogP contribution in [0.15, 0.2) is 23.1 Å². The van der Waals surface area contributed by atoms with Gasteiger partial charge in [-0.1, -0.05) is 0 Å². The number of aliphatic hydroxyl groups is 1. The second-order valence-electron chi connectivity index (χ2n) is 3.40. The van der Waals surface area contributed by atoms with Crippen molar-refractivity contribution in [3.8, 4) is 0 Å². The molecule has 1 rings (SSSR count). The highest BCUT2D eigenvalue weighted by atomic mass is 32.2. The summed E-state index contributed by atoms with van der Waals surface area (Å²) >= 11 is 1.57. The summed E-state index contributed by atoms with van der Waals surface area (Å²) in [6.45, 7) is 0.503. The highest BCUT2D eigenvalue weighted by Crippen LogP contribution is 2.27. The molecule has 1 aromatic rings. The van der Waals surface area contributed by atoms with Crippen LogP contribution in [0.25, 0.3) is 0 Å². The van der Waals surface area contributed by atoms with Crippen LogP contribution >= 0.6 is 11.8 Å². The molecule has 0 spiro atoms. The van der Waals surface area contributed by atoms with Gasteiger partial charge >= 0.3 is 0 Å². The van der Waals surface area contributed by atoms with Gasteiger partial charge in [0.1, 0.15) is 0 Å². The van der Waals surface area contributed by atoms with E-state index >= 15 is 0 Å². The van der Waals surface area contributed by atoms with Crippen LogP contribution in [-0.2, 0) is 11.3 Å². The van der Waals surface area contributed by atoms with Gasteiger partial charge in [-0.15, -0.1) is 11.8 Å². The Kier molecular flexibility index (Phi) is 5.96. The Morgan fingerprint density at radius 1 is 1.53 bits per heavy atom. The summed E-state index contributed by atoms with van der Waals surface area (Å²) in [6.07, 6.45) is 0.906. The molecule has 0 aliphatic rings. The topological polar surface area (TPSA) is 72.6 Å². The number of nitrogens with zero attached hydrogens (tertiary/aromatic N) is 1. The predicted octanol–water partition coefficient (Wildman–Crippen LogP) is 2.22. The summed E-state index contributed by atoms with van der Waals surface area (Å²) in [5, 5.41) is 19.7. The molecule has 0 bridgehead atoms. The number of methoxy groups -OCH3 is 1. The minimum Gasteiger partial charge on any atom is -0.392 e. The number of nitro benzene ring substituents is 1. The van der Waals surface area contributed by atoms with E-state index in [-0.39, 0.29) is 12.3 Å². The number of hydrogen-bond donors (Lipinski definition) is 1. The zero-order chi connectivity index (χ0) is 12.7. The lowest BCUT2D eigenvalue weighted by molar-refractivity contribution is -0.385. The Bertz CT molecular complexity index is 384. The molecular formula is C11H15NO4S. The predicted molar refractivity (Wildman–Crippen MR) is 66.2 cm³/mol. The van der Waals surface area contributed by atoms with Crippen LogP contribution in [0.2, 0.25) is 0 Å². The first-order valence-corrected chi connectivity index (χ1v) is 6.17. The van der Waals surface area contributed by atoms with Crippen LogP contribution in [0.1, 0.15) is 12.0 Å². The van der Waals surface area contributed by atoms with Crippen molar-refractivity contribution >= 4 is 17.4 Å². The maximum absolute atomic E-state index is 10.6. The summed E-state index contributed by atoms with van der Waals surface area (Å²) in [5.41, 5.74) is 0.608. The minimum atomic E-state index is -0.460. The van der Waals surface area contributed by atoms with Crippen molar-refractivity contribution in [3.05, 3.63) is 33.9 Å². The average Bonchev–Trinajstić information content (AvgIpc) is 2.34. The van der Waals surface area contributed by atoms with E-state index in [9.17, 15) is 10.1 Å². The first-order chi connectivity index (χ1) is 8.19. The third kappa shape index (κ3) is 4.33. The van der Waals surface area contributed by atoms with Crippen LogP contribution in [-0.4, -0.2) is 29.5 Å². The number of aliphatic hydroxyl groups excluding tert-OH is 1. The fourth-order valence-corrected chi connectivity index (χ4v) is 2.28. The van der Waals surface area contributed by atoms with Gasteiger partial charge in [-0.05, 0) is 18.1 Å². The van der Waals surface area contributed by atoms with E-state index in [1.165, 1.54) is 12.1 Å². The van der Waals surface area contributed by atoms with E-state index in [2.05, 4.69) is 0 Å². The Morgan fingerprint density at radius 3 is 2.88 bits per heavy atom. The van der Waals surface area contributed by atoms with E-state index in [0.717, 1.165) is 17.1 Å². The Labute approximate surface area is 104 Å². The SMILES string of the molecule is COCCCSc1ccc([N+](=O)[O-])cc1CO. The summed E-state index contributed by atoms with van der Waals surface area (Å²) < 4.78 is 4.93. The molecule has 0 saturated carbocycles. The Morgan fingerprint density at radius 2 is 2.29 bits per heavy atom. The number of ether oxygens (including phenoxy) is 1. The van der Waals surface area contributed by atoms with Crippen LogP contribution in [0.4, 0.5) is 5.69 Å². The normalized spacial score (nSPS) is 10.5. The molecule has 0 saturated heterocycles. The second kappa shape index (κ2) is 7.26. The van der Waals surface area contributed by atoms with Gasteiger partial charge in [-0.25, -0.2) is 0 Å². The minimum absolute atomic E-state index is 0.00953. The molecule has 6 heteroatoms. The fraction of sp³-hybridized carbons (Fsp3) is 0.455. The van der Waals surface area contributed by atoms with Crippen molar-refractivity contribution < 1.29 is 14.8 Å².